The van der Waals surface area contributed by atoms with E-state index in [0.29, 0.717) is 36.6 Å². The van der Waals surface area contributed by atoms with Crippen LogP contribution in [-0.2, 0) is 6.42 Å². The molecule has 0 saturated carbocycles. The van der Waals surface area contributed by atoms with Crippen molar-refractivity contribution in [3.8, 4) is 0 Å². The van der Waals surface area contributed by atoms with Gasteiger partial charge in [0.1, 0.15) is 5.82 Å². The van der Waals surface area contributed by atoms with Gasteiger partial charge in [-0.25, -0.2) is 9.49 Å². The minimum Gasteiger partial charge on any atom is -0.335 e. The van der Waals surface area contributed by atoms with E-state index in [-0.39, 0.29) is 35.5 Å². The van der Waals surface area contributed by atoms with Crippen LogP contribution in [0.15, 0.2) is 47.3 Å². The highest BCUT2D eigenvalue weighted by Crippen LogP contribution is 2.21. The third kappa shape index (κ3) is 4.37. The highest BCUT2D eigenvalue weighted by Gasteiger charge is 2.32. The SMILES string of the molecule is CC(C)NC1CN(C(=O)c2cc(Cc3n[nH]c(=O)c4ccccc34)ccc2F)C1.Cl. The number of hydrogen-bond donors (Lipinski definition) is 2. The molecule has 0 radical (unpaired) electrons. The van der Waals surface area contributed by atoms with Crippen molar-refractivity contribution in [1.82, 2.24) is 20.4 Å². The lowest BCUT2D eigenvalue weighted by atomic mass is 10.0. The Morgan fingerprint density at radius 2 is 1.93 bits per heavy atom. The number of aromatic amines is 1. The largest absolute Gasteiger partial charge is 0.335 e. The number of carbonyl (C=O) groups excluding carboxylic acids is 1. The first kappa shape index (κ1) is 21.9. The van der Waals surface area contributed by atoms with Gasteiger partial charge in [-0.1, -0.05) is 38.1 Å². The molecule has 0 aliphatic carbocycles. The van der Waals surface area contributed by atoms with Crippen LogP contribution in [0.1, 0.15) is 35.5 Å². The van der Waals surface area contributed by atoms with Gasteiger partial charge in [0.05, 0.1) is 16.6 Å². The molecule has 8 heteroatoms. The van der Waals surface area contributed by atoms with Crippen molar-refractivity contribution in [1.29, 1.82) is 0 Å². The van der Waals surface area contributed by atoms with Gasteiger partial charge in [-0.2, -0.15) is 5.10 Å². The third-order valence-corrected chi connectivity index (χ3v) is 5.15. The minimum absolute atomic E-state index is 0. The summed E-state index contributed by atoms with van der Waals surface area (Å²) in [7, 11) is 0. The van der Waals surface area contributed by atoms with Crippen LogP contribution in [0.2, 0.25) is 0 Å². The smallest absolute Gasteiger partial charge is 0.272 e. The average Bonchev–Trinajstić information content (AvgIpc) is 2.67. The van der Waals surface area contributed by atoms with Crippen LogP contribution in [0.3, 0.4) is 0 Å². The quantitative estimate of drug-likeness (QED) is 0.652. The lowest BCUT2D eigenvalue weighted by Crippen LogP contribution is -2.61. The first-order valence-corrected chi connectivity index (χ1v) is 9.72. The van der Waals surface area contributed by atoms with Crippen LogP contribution in [0, 0.1) is 5.82 Å². The zero-order valence-corrected chi connectivity index (χ0v) is 17.6. The number of amides is 1. The summed E-state index contributed by atoms with van der Waals surface area (Å²) < 4.78 is 14.4. The molecule has 30 heavy (non-hydrogen) atoms. The van der Waals surface area contributed by atoms with E-state index in [1.807, 2.05) is 12.1 Å². The van der Waals surface area contributed by atoms with Gasteiger partial charge in [-0.3, -0.25) is 9.59 Å². The summed E-state index contributed by atoms with van der Waals surface area (Å²) >= 11 is 0. The number of halogens is 2. The Hall–Kier alpha value is -2.77. The summed E-state index contributed by atoms with van der Waals surface area (Å²) in [5, 5.41) is 11.3. The van der Waals surface area contributed by atoms with E-state index in [9.17, 15) is 14.0 Å². The van der Waals surface area contributed by atoms with Crippen LogP contribution >= 0.6 is 12.4 Å². The normalized spacial score (nSPS) is 13.9. The van der Waals surface area contributed by atoms with Crippen molar-refractivity contribution < 1.29 is 9.18 Å². The highest BCUT2D eigenvalue weighted by atomic mass is 35.5. The molecule has 0 spiro atoms. The number of fused-ring (bicyclic) bond motifs is 1. The molecule has 1 amide bonds. The number of H-pyrrole nitrogens is 1. The van der Waals surface area contributed by atoms with Crippen molar-refractivity contribution in [3.05, 3.63) is 75.5 Å². The predicted molar refractivity (Wildman–Crippen MR) is 117 cm³/mol. The molecule has 0 bridgehead atoms. The second-order valence-electron chi connectivity index (χ2n) is 7.76. The molecule has 158 valence electrons. The molecule has 4 rings (SSSR count). The maximum atomic E-state index is 14.4. The maximum Gasteiger partial charge on any atom is 0.272 e. The van der Waals surface area contributed by atoms with Gasteiger partial charge in [-0.15, -0.1) is 12.4 Å². The Morgan fingerprint density at radius 1 is 1.23 bits per heavy atom. The first-order valence-electron chi connectivity index (χ1n) is 9.72. The van der Waals surface area contributed by atoms with Crippen LogP contribution < -0.4 is 10.9 Å². The number of nitrogens with one attached hydrogen (secondary N) is 2. The monoisotopic (exact) mass is 430 g/mol. The van der Waals surface area contributed by atoms with Crippen LogP contribution in [0.25, 0.3) is 10.8 Å². The van der Waals surface area contributed by atoms with Crippen molar-refractivity contribution in [3.63, 3.8) is 0 Å². The van der Waals surface area contributed by atoms with E-state index in [1.54, 1.807) is 29.2 Å². The number of carbonyl (C=O) groups is 1. The number of rotatable bonds is 5. The highest BCUT2D eigenvalue weighted by molar-refractivity contribution is 5.95. The summed E-state index contributed by atoms with van der Waals surface area (Å²) in [6.45, 7) is 5.27. The summed E-state index contributed by atoms with van der Waals surface area (Å²) in [4.78, 5) is 26.3. The van der Waals surface area contributed by atoms with E-state index in [0.717, 1.165) is 10.9 Å². The van der Waals surface area contributed by atoms with Crippen molar-refractivity contribution in [2.24, 2.45) is 0 Å². The second-order valence-corrected chi connectivity index (χ2v) is 7.76. The number of likely N-dealkylation sites (tertiary alicyclic amines) is 1. The fourth-order valence-corrected chi connectivity index (χ4v) is 3.74. The summed E-state index contributed by atoms with van der Waals surface area (Å²) in [5.41, 5.74) is 1.26. The van der Waals surface area contributed by atoms with E-state index in [2.05, 4.69) is 29.4 Å². The zero-order valence-electron chi connectivity index (χ0n) is 16.8. The third-order valence-electron chi connectivity index (χ3n) is 5.15. The lowest BCUT2D eigenvalue weighted by molar-refractivity contribution is 0.0552. The minimum atomic E-state index is -0.529. The number of benzene rings is 2. The summed E-state index contributed by atoms with van der Waals surface area (Å²) in [5.74, 6) is -0.830. The van der Waals surface area contributed by atoms with Crippen LogP contribution in [-0.4, -0.2) is 46.2 Å². The van der Waals surface area contributed by atoms with Crippen molar-refractivity contribution >= 4 is 29.1 Å². The average molecular weight is 431 g/mol. The molecule has 1 fully saturated rings. The van der Waals surface area contributed by atoms with Gasteiger partial charge in [-0.05, 0) is 23.8 Å². The fourth-order valence-electron chi connectivity index (χ4n) is 3.74. The summed E-state index contributed by atoms with van der Waals surface area (Å²) in [6, 6.07) is 12.4. The molecule has 1 saturated heterocycles. The molecule has 2 N–H and O–H groups in total. The van der Waals surface area contributed by atoms with Gasteiger partial charge < -0.3 is 10.2 Å². The first-order chi connectivity index (χ1) is 13.9. The molecular formula is C22H24ClFN4O2. The molecule has 3 aromatic rings. The molecule has 0 unspecified atom stereocenters. The van der Waals surface area contributed by atoms with Gasteiger partial charge >= 0.3 is 0 Å². The predicted octanol–water partition coefficient (Wildman–Crippen LogP) is 2.90. The Balaban J connectivity index is 0.00000256. The summed E-state index contributed by atoms with van der Waals surface area (Å²) in [6.07, 6.45) is 0.384. The Morgan fingerprint density at radius 3 is 2.63 bits per heavy atom. The molecule has 2 aromatic carbocycles. The molecule has 1 aromatic heterocycles. The van der Waals surface area contributed by atoms with E-state index in [1.165, 1.54) is 6.07 Å². The van der Waals surface area contributed by atoms with Crippen LogP contribution in [0.4, 0.5) is 4.39 Å². The number of aromatic nitrogens is 2. The topological polar surface area (TPSA) is 78.1 Å². The molecule has 2 heterocycles. The van der Waals surface area contributed by atoms with Gasteiger partial charge in [0.2, 0.25) is 0 Å². The molecule has 1 aliphatic heterocycles. The van der Waals surface area contributed by atoms with Crippen molar-refractivity contribution in [2.75, 3.05) is 13.1 Å². The van der Waals surface area contributed by atoms with Gasteiger partial charge in [0, 0.05) is 37.0 Å². The Kier molecular flexibility index (Phi) is 6.53. The molecule has 0 atom stereocenters. The van der Waals surface area contributed by atoms with Gasteiger partial charge in [0.25, 0.3) is 11.5 Å². The van der Waals surface area contributed by atoms with E-state index < -0.39 is 5.82 Å². The number of hydrogen-bond acceptors (Lipinski definition) is 4. The maximum absolute atomic E-state index is 14.4. The van der Waals surface area contributed by atoms with E-state index in [4.69, 9.17) is 0 Å². The zero-order chi connectivity index (χ0) is 20.5. The molecule has 6 nitrogen and oxygen atoms in total. The molecule has 1 aliphatic rings. The van der Waals surface area contributed by atoms with Crippen molar-refractivity contribution in [2.45, 2.75) is 32.4 Å². The number of nitrogens with zero attached hydrogens (tertiary/aromatic N) is 2. The molecular weight excluding hydrogens is 407 g/mol. The Bertz CT molecular complexity index is 1130. The van der Waals surface area contributed by atoms with Gasteiger partial charge in [0.15, 0.2) is 0 Å². The van der Waals surface area contributed by atoms with E-state index >= 15 is 0 Å². The standard InChI is InChI=1S/C22H23FN4O2.ClH/c1-13(2)24-15-11-27(12-15)22(29)18-9-14(7-8-19(18)23)10-20-16-5-3-4-6-17(16)21(28)26-25-20;/h3-9,13,15,24H,10-12H2,1-2H3,(H,26,28);1H. The van der Waals surface area contributed by atoms with Crippen LogP contribution in [0.5, 0.6) is 0 Å². The fraction of sp³-hybridized carbons (Fsp3) is 0.318. The second kappa shape index (κ2) is 8.93. The Labute approximate surface area is 179 Å². The lowest BCUT2D eigenvalue weighted by Gasteiger charge is -2.40.